The smallest absolute Gasteiger partial charge is 0.812 e. The van der Waals surface area contributed by atoms with Crippen LogP contribution in [0.2, 0.25) is 0 Å². The number of amides is 2. The van der Waals surface area contributed by atoms with E-state index in [4.69, 9.17) is 15.1 Å². The summed E-state index contributed by atoms with van der Waals surface area (Å²) < 4.78 is 4.85. The van der Waals surface area contributed by atoms with Crippen LogP contribution in [0, 0.1) is 11.5 Å². The van der Waals surface area contributed by atoms with E-state index >= 15 is 0 Å². The summed E-state index contributed by atoms with van der Waals surface area (Å²) in [5.41, 5.74) is 0.371. The fourth-order valence-corrected chi connectivity index (χ4v) is 1.10. The summed E-state index contributed by atoms with van der Waals surface area (Å²) in [6.45, 7) is 7.03. The normalized spacial score (nSPS) is 12.2. The molecule has 0 aromatic carbocycles. The number of nitriles is 1. The fourth-order valence-electron chi connectivity index (χ4n) is 1.10. The Balaban J connectivity index is 0. The zero-order valence-corrected chi connectivity index (χ0v) is 13.7. The van der Waals surface area contributed by atoms with Gasteiger partial charge in [-0.25, -0.2) is 14.9 Å². The van der Waals surface area contributed by atoms with Gasteiger partial charge in [0.2, 0.25) is 0 Å². The molecule has 0 spiro atoms. The Labute approximate surface area is 148 Å². The monoisotopic (exact) mass is 279 g/mol. The fraction of sp³-hybridized carbons (Fsp3) is 0.500. The second-order valence-electron chi connectivity index (χ2n) is 3.23. The van der Waals surface area contributed by atoms with Crippen molar-refractivity contribution >= 4 is 12.0 Å². The summed E-state index contributed by atoms with van der Waals surface area (Å²) in [6.07, 6.45) is 0.500. The van der Waals surface area contributed by atoms with Gasteiger partial charge in [0.1, 0.15) is 6.61 Å². The maximum atomic E-state index is 11.0. The van der Waals surface area contributed by atoms with Crippen LogP contribution in [-0.2, 0) is 9.53 Å². The van der Waals surface area contributed by atoms with Gasteiger partial charge in [-0.1, -0.05) is 6.58 Å². The summed E-state index contributed by atoms with van der Waals surface area (Å²) in [6, 6.07) is -0.101. The van der Waals surface area contributed by atoms with E-state index < -0.39 is 5.97 Å². The van der Waals surface area contributed by atoms with E-state index in [0.29, 0.717) is 31.5 Å². The Hall–Kier alpha value is -0.594. The third kappa shape index (κ3) is 8.49. The van der Waals surface area contributed by atoms with Crippen molar-refractivity contribution in [3.05, 3.63) is 12.2 Å². The number of ether oxygens (including phenoxy) is 1. The first-order valence-corrected chi connectivity index (χ1v) is 4.89. The number of carbonyl (C=O) groups is 2. The Bertz CT molecular complexity index is 341. The molecule has 18 heavy (non-hydrogen) atoms. The number of hydrogen-bond acceptors (Lipinski definition) is 5. The molecule has 1 heterocycles. The van der Waals surface area contributed by atoms with Crippen LogP contribution in [0.15, 0.2) is 12.2 Å². The van der Waals surface area contributed by atoms with Gasteiger partial charge in [-0.2, -0.15) is 0 Å². The summed E-state index contributed by atoms with van der Waals surface area (Å²) in [7, 11) is 0. The topological polar surface area (TPSA) is 105 Å². The standard InChI is InChI=1S/C9H14N2O3.CHNO.K/c1-7(2)8(12)14-6-5-11-4-3-10-9(11)13;2-1-3;/h1,3-6H2,2H3,(H,10,13);3H;/q;;+1/p-1. The molecule has 1 N–H and O–H groups in total. The SMILES string of the molecule is C=C(C)C(=O)OCCN1CCNC1=O.N#C[O-].[K+]. The molecule has 0 aromatic rings. The Kier molecular flexibility index (Phi) is 12.6. The van der Waals surface area contributed by atoms with Crippen LogP contribution < -0.4 is 61.8 Å². The maximum Gasteiger partial charge on any atom is 1.00 e. The molecule has 7 nitrogen and oxygen atoms in total. The molecule has 1 rings (SSSR count). The molecular weight excluding hydrogens is 265 g/mol. The van der Waals surface area contributed by atoms with Crippen LogP contribution in [0.4, 0.5) is 4.79 Å². The van der Waals surface area contributed by atoms with Crippen molar-refractivity contribution in [1.82, 2.24) is 10.2 Å². The van der Waals surface area contributed by atoms with Crippen LogP contribution in [0.5, 0.6) is 0 Å². The molecule has 1 aliphatic heterocycles. The van der Waals surface area contributed by atoms with E-state index in [1.165, 1.54) is 0 Å². The van der Waals surface area contributed by atoms with Crippen LogP contribution in [0.1, 0.15) is 6.92 Å². The van der Waals surface area contributed by atoms with Crippen LogP contribution in [-0.4, -0.2) is 43.1 Å². The number of carbonyl (C=O) groups excluding carboxylic acids is 2. The first kappa shape index (κ1) is 19.7. The molecule has 0 bridgehead atoms. The number of nitrogens with one attached hydrogen (secondary N) is 1. The minimum absolute atomic E-state index is 0. The zero-order chi connectivity index (χ0) is 13.3. The number of esters is 1. The van der Waals surface area contributed by atoms with Crippen LogP contribution >= 0.6 is 0 Å². The molecule has 1 fully saturated rings. The molecular formula is C10H14KN3O4. The average molecular weight is 279 g/mol. The van der Waals surface area contributed by atoms with Crippen molar-refractivity contribution in [2.75, 3.05) is 26.2 Å². The van der Waals surface area contributed by atoms with E-state index in [0.717, 1.165) is 0 Å². The number of rotatable bonds is 4. The van der Waals surface area contributed by atoms with Gasteiger partial charge in [0.05, 0.1) is 6.54 Å². The van der Waals surface area contributed by atoms with E-state index in [1.54, 1.807) is 11.8 Å². The van der Waals surface area contributed by atoms with E-state index in [-0.39, 0.29) is 64.0 Å². The van der Waals surface area contributed by atoms with Crippen molar-refractivity contribution in [1.29, 1.82) is 5.26 Å². The minimum atomic E-state index is -0.412. The van der Waals surface area contributed by atoms with Crippen LogP contribution in [0.3, 0.4) is 0 Å². The predicted molar refractivity (Wildman–Crippen MR) is 56.4 cm³/mol. The van der Waals surface area contributed by atoms with Crippen molar-refractivity contribution in [2.24, 2.45) is 0 Å². The van der Waals surface area contributed by atoms with Crippen molar-refractivity contribution < 1.29 is 70.8 Å². The summed E-state index contributed by atoms with van der Waals surface area (Å²) >= 11 is 0. The summed E-state index contributed by atoms with van der Waals surface area (Å²) in [5.74, 6) is -0.412. The number of hydrogen-bond donors (Lipinski definition) is 1. The molecule has 0 aromatic heterocycles. The zero-order valence-electron chi connectivity index (χ0n) is 10.6. The third-order valence-electron chi connectivity index (χ3n) is 1.89. The Morgan fingerprint density at radius 1 is 1.72 bits per heavy atom. The molecule has 0 radical (unpaired) electrons. The van der Waals surface area contributed by atoms with Crippen molar-refractivity contribution in [3.63, 3.8) is 0 Å². The largest absolute Gasteiger partial charge is 1.00 e. The van der Waals surface area contributed by atoms with Gasteiger partial charge in [0, 0.05) is 24.9 Å². The van der Waals surface area contributed by atoms with Gasteiger partial charge >= 0.3 is 63.4 Å². The van der Waals surface area contributed by atoms with E-state index in [1.807, 2.05) is 0 Å². The second-order valence-corrected chi connectivity index (χ2v) is 3.23. The van der Waals surface area contributed by atoms with Gasteiger partial charge in [-0.15, -0.1) is 0 Å². The number of urea groups is 1. The molecule has 2 amide bonds. The molecule has 1 saturated heterocycles. The summed E-state index contributed by atoms with van der Waals surface area (Å²) in [4.78, 5) is 23.6. The molecule has 0 aliphatic carbocycles. The molecule has 8 heteroatoms. The average Bonchev–Trinajstić information content (AvgIpc) is 2.65. The molecule has 0 atom stereocenters. The van der Waals surface area contributed by atoms with Gasteiger partial charge in [-0.3, -0.25) is 0 Å². The predicted octanol–water partition coefficient (Wildman–Crippen LogP) is -4.04. The van der Waals surface area contributed by atoms with Gasteiger partial charge in [0.25, 0.3) is 0 Å². The molecule has 94 valence electrons. The van der Waals surface area contributed by atoms with Gasteiger partial charge < -0.3 is 20.1 Å². The van der Waals surface area contributed by atoms with Crippen molar-refractivity contribution in [3.8, 4) is 6.26 Å². The maximum absolute atomic E-state index is 11.0. The first-order valence-electron chi connectivity index (χ1n) is 4.89. The molecule has 1 aliphatic rings. The number of nitrogens with zero attached hydrogens (tertiary/aromatic N) is 2. The Morgan fingerprint density at radius 2 is 2.28 bits per heavy atom. The van der Waals surface area contributed by atoms with Gasteiger partial charge in [-0.05, 0) is 6.92 Å². The van der Waals surface area contributed by atoms with Gasteiger partial charge in [0.15, 0.2) is 0 Å². The molecule has 0 unspecified atom stereocenters. The summed E-state index contributed by atoms with van der Waals surface area (Å²) in [5, 5.41) is 17.7. The quantitative estimate of drug-likeness (QED) is 0.244. The minimum Gasteiger partial charge on any atom is -0.812 e. The second kappa shape index (κ2) is 11.5. The van der Waals surface area contributed by atoms with Crippen LogP contribution in [0.25, 0.3) is 0 Å². The van der Waals surface area contributed by atoms with Crippen molar-refractivity contribution in [2.45, 2.75) is 6.92 Å². The Morgan fingerprint density at radius 3 is 2.67 bits per heavy atom. The first-order chi connectivity index (χ1) is 8.02. The van der Waals surface area contributed by atoms with E-state index in [9.17, 15) is 9.59 Å². The van der Waals surface area contributed by atoms with E-state index in [2.05, 4.69) is 11.9 Å². The molecule has 0 saturated carbocycles. The third-order valence-corrected chi connectivity index (χ3v) is 1.89.